The average Bonchev–Trinajstić information content (AvgIpc) is 2.57. The minimum Gasteiger partial charge on any atom is -0.379 e. The van der Waals surface area contributed by atoms with E-state index < -0.39 is 10.0 Å². The average molecular weight is 331 g/mol. The molecule has 0 aromatic heterocycles. The fourth-order valence-electron chi connectivity index (χ4n) is 3.88. The quantitative estimate of drug-likeness (QED) is 0.792. The number of nitrogens with zero attached hydrogens (tertiary/aromatic N) is 2. The minimum atomic E-state index is -3.16. The molecule has 6 nitrogen and oxygen atoms in total. The van der Waals surface area contributed by atoms with Crippen LogP contribution in [0, 0.1) is 5.92 Å². The number of piperidine rings is 2. The molecule has 0 aromatic carbocycles. The Morgan fingerprint density at radius 1 is 1.09 bits per heavy atom. The van der Waals surface area contributed by atoms with Crippen molar-refractivity contribution in [1.29, 1.82) is 0 Å². The molecule has 0 amide bonds. The standard InChI is InChI=1S/C15H29N3O3S/c19-22(20,18-7-9-21-10-8-18)15-4-2-6-17(13-15)12-14-3-1-5-16-11-14/h14-16H,1-13H2. The molecule has 3 rings (SSSR count). The van der Waals surface area contributed by atoms with Gasteiger partial charge >= 0.3 is 0 Å². The number of likely N-dealkylation sites (tertiary alicyclic amines) is 1. The van der Waals surface area contributed by atoms with Crippen LogP contribution in [-0.2, 0) is 14.8 Å². The van der Waals surface area contributed by atoms with Crippen molar-refractivity contribution in [2.24, 2.45) is 5.92 Å². The molecule has 0 aromatic rings. The molecular formula is C15H29N3O3S. The Morgan fingerprint density at radius 2 is 1.91 bits per heavy atom. The number of nitrogens with one attached hydrogen (secondary N) is 1. The third-order valence-corrected chi connectivity index (χ3v) is 7.44. The number of hydrogen-bond donors (Lipinski definition) is 1. The molecule has 3 aliphatic rings. The van der Waals surface area contributed by atoms with Crippen LogP contribution in [0.1, 0.15) is 25.7 Å². The Morgan fingerprint density at radius 3 is 2.64 bits per heavy atom. The van der Waals surface area contributed by atoms with Crippen molar-refractivity contribution in [3.05, 3.63) is 0 Å². The minimum absolute atomic E-state index is 0.226. The molecular weight excluding hydrogens is 302 g/mol. The maximum atomic E-state index is 12.8. The highest BCUT2D eigenvalue weighted by Gasteiger charge is 2.36. The van der Waals surface area contributed by atoms with E-state index in [0.29, 0.717) is 38.8 Å². The van der Waals surface area contributed by atoms with Crippen LogP contribution in [-0.4, -0.2) is 81.9 Å². The first kappa shape index (κ1) is 16.6. The van der Waals surface area contributed by atoms with E-state index in [2.05, 4.69) is 10.2 Å². The van der Waals surface area contributed by atoms with Gasteiger partial charge in [0.15, 0.2) is 0 Å². The van der Waals surface area contributed by atoms with Gasteiger partial charge in [0.1, 0.15) is 0 Å². The molecule has 1 N–H and O–H groups in total. The predicted octanol–water partition coefficient (Wildman–Crippen LogP) is 0.112. The third kappa shape index (κ3) is 4.00. The van der Waals surface area contributed by atoms with Crippen LogP contribution in [0.15, 0.2) is 0 Å². The van der Waals surface area contributed by atoms with E-state index in [-0.39, 0.29) is 5.25 Å². The number of hydrogen-bond acceptors (Lipinski definition) is 5. The van der Waals surface area contributed by atoms with Crippen molar-refractivity contribution in [2.75, 3.05) is 59.0 Å². The summed E-state index contributed by atoms with van der Waals surface area (Å²) < 4.78 is 32.5. The zero-order valence-electron chi connectivity index (χ0n) is 13.4. The lowest BCUT2D eigenvalue weighted by molar-refractivity contribution is 0.0718. The molecule has 0 aliphatic carbocycles. The first-order valence-corrected chi connectivity index (χ1v) is 10.2. The first-order valence-electron chi connectivity index (χ1n) is 8.66. The van der Waals surface area contributed by atoms with Gasteiger partial charge in [-0.2, -0.15) is 4.31 Å². The van der Waals surface area contributed by atoms with E-state index in [9.17, 15) is 8.42 Å². The van der Waals surface area contributed by atoms with Gasteiger partial charge in [0.2, 0.25) is 10.0 Å². The van der Waals surface area contributed by atoms with Crippen LogP contribution in [0.3, 0.4) is 0 Å². The van der Waals surface area contributed by atoms with Gasteiger partial charge in [-0.05, 0) is 51.2 Å². The fourth-order valence-corrected chi connectivity index (χ4v) is 5.82. The fraction of sp³-hybridized carbons (Fsp3) is 1.00. The lowest BCUT2D eigenvalue weighted by Gasteiger charge is -2.38. The van der Waals surface area contributed by atoms with Crippen LogP contribution in [0.25, 0.3) is 0 Å². The van der Waals surface area contributed by atoms with E-state index in [1.165, 1.54) is 12.8 Å². The zero-order valence-corrected chi connectivity index (χ0v) is 14.2. The molecule has 128 valence electrons. The van der Waals surface area contributed by atoms with Gasteiger partial charge < -0.3 is 15.0 Å². The van der Waals surface area contributed by atoms with Crippen molar-refractivity contribution >= 4 is 10.0 Å². The number of ether oxygens (including phenoxy) is 1. The molecule has 0 radical (unpaired) electrons. The number of rotatable bonds is 4. The van der Waals surface area contributed by atoms with Crippen LogP contribution in [0.4, 0.5) is 0 Å². The van der Waals surface area contributed by atoms with Gasteiger partial charge in [-0.1, -0.05) is 0 Å². The third-order valence-electron chi connectivity index (χ3n) is 5.13. The second-order valence-electron chi connectivity index (χ2n) is 6.79. The Balaban J connectivity index is 1.57. The van der Waals surface area contributed by atoms with Crippen LogP contribution >= 0.6 is 0 Å². The van der Waals surface area contributed by atoms with Crippen LogP contribution < -0.4 is 5.32 Å². The summed E-state index contributed by atoms with van der Waals surface area (Å²) in [7, 11) is -3.16. The molecule has 0 bridgehead atoms. The highest BCUT2D eigenvalue weighted by Crippen LogP contribution is 2.23. The second kappa shape index (κ2) is 7.57. The summed E-state index contributed by atoms with van der Waals surface area (Å²) in [6, 6.07) is 0. The molecule has 2 atom stereocenters. The Kier molecular flexibility index (Phi) is 5.73. The summed E-state index contributed by atoms with van der Waals surface area (Å²) in [5.41, 5.74) is 0. The van der Waals surface area contributed by atoms with Crippen LogP contribution in [0.2, 0.25) is 0 Å². The molecule has 0 saturated carbocycles. The van der Waals surface area contributed by atoms with Crippen LogP contribution in [0.5, 0.6) is 0 Å². The highest BCUT2D eigenvalue weighted by atomic mass is 32.2. The summed E-state index contributed by atoms with van der Waals surface area (Å²) in [5, 5.41) is 3.22. The van der Waals surface area contributed by atoms with Gasteiger partial charge in [0.25, 0.3) is 0 Å². The normalized spacial score (nSPS) is 32.9. The molecule has 22 heavy (non-hydrogen) atoms. The maximum absolute atomic E-state index is 12.8. The number of sulfonamides is 1. The smallest absolute Gasteiger partial charge is 0.218 e. The van der Waals surface area contributed by atoms with Crippen molar-refractivity contribution < 1.29 is 13.2 Å². The predicted molar refractivity (Wildman–Crippen MR) is 86.4 cm³/mol. The molecule has 3 fully saturated rings. The monoisotopic (exact) mass is 331 g/mol. The topological polar surface area (TPSA) is 61.9 Å². The van der Waals surface area contributed by atoms with E-state index in [1.54, 1.807) is 4.31 Å². The molecule has 2 unspecified atom stereocenters. The van der Waals surface area contributed by atoms with Gasteiger partial charge in [-0.25, -0.2) is 8.42 Å². The Hall–Kier alpha value is -0.210. The van der Waals surface area contributed by atoms with E-state index in [4.69, 9.17) is 4.74 Å². The lowest BCUT2D eigenvalue weighted by atomic mass is 9.98. The maximum Gasteiger partial charge on any atom is 0.218 e. The summed E-state index contributed by atoms with van der Waals surface area (Å²) in [5.74, 6) is 0.679. The molecule has 3 saturated heterocycles. The number of morpholine rings is 1. The van der Waals surface area contributed by atoms with Gasteiger partial charge in [0, 0.05) is 26.2 Å². The van der Waals surface area contributed by atoms with Crippen molar-refractivity contribution in [2.45, 2.75) is 30.9 Å². The van der Waals surface area contributed by atoms with Crippen molar-refractivity contribution in [3.8, 4) is 0 Å². The van der Waals surface area contributed by atoms with Gasteiger partial charge in [0.05, 0.1) is 18.5 Å². The second-order valence-corrected chi connectivity index (χ2v) is 9.01. The Bertz CT molecular complexity index is 445. The van der Waals surface area contributed by atoms with E-state index >= 15 is 0 Å². The van der Waals surface area contributed by atoms with Crippen molar-refractivity contribution in [1.82, 2.24) is 14.5 Å². The zero-order chi connectivity index (χ0) is 15.4. The van der Waals surface area contributed by atoms with Crippen molar-refractivity contribution in [3.63, 3.8) is 0 Å². The van der Waals surface area contributed by atoms with Gasteiger partial charge in [-0.3, -0.25) is 0 Å². The Labute approximate surface area is 134 Å². The molecule has 7 heteroatoms. The van der Waals surface area contributed by atoms with Gasteiger partial charge in [-0.15, -0.1) is 0 Å². The summed E-state index contributed by atoms with van der Waals surface area (Å²) in [6.07, 6.45) is 4.31. The highest BCUT2D eigenvalue weighted by molar-refractivity contribution is 7.89. The summed E-state index contributed by atoms with van der Waals surface area (Å²) in [6.45, 7) is 7.11. The molecule has 0 spiro atoms. The molecule has 3 heterocycles. The molecule has 3 aliphatic heterocycles. The lowest BCUT2D eigenvalue weighted by Crippen LogP contribution is -2.51. The SMILES string of the molecule is O=S(=O)(C1CCCN(CC2CCCNC2)C1)N1CCOCC1. The summed E-state index contributed by atoms with van der Waals surface area (Å²) in [4.78, 5) is 2.38. The first-order chi connectivity index (χ1) is 10.7. The van der Waals surface area contributed by atoms with E-state index in [0.717, 1.165) is 39.0 Å². The van der Waals surface area contributed by atoms with E-state index in [1.807, 2.05) is 0 Å². The summed E-state index contributed by atoms with van der Waals surface area (Å²) >= 11 is 0. The largest absolute Gasteiger partial charge is 0.379 e.